The smallest absolute Gasteiger partial charge is 0.254 e. The van der Waals surface area contributed by atoms with Crippen LogP contribution >= 0.6 is 0 Å². The van der Waals surface area contributed by atoms with E-state index in [4.69, 9.17) is 9.57 Å². The first kappa shape index (κ1) is 24.1. The Bertz CT molecular complexity index is 985. The zero-order valence-corrected chi connectivity index (χ0v) is 19.8. The van der Waals surface area contributed by atoms with E-state index in [1.807, 2.05) is 54.6 Å². The van der Waals surface area contributed by atoms with E-state index in [2.05, 4.69) is 10.1 Å². The van der Waals surface area contributed by atoms with Crippen LogP contribution in [0.5, 0.6) is 0 Å². The van der Waals surface area contributed by atoms with Crippen molar-refractivity contribution in [2.45, 2.75) is 31.7 Å². The van der Waals surface area contributed by atoms with Gasteiger partial charge in [-0.3, -0.25) is 9.59 Å². The van der Waals surface area contributed by atoms with Gasteiger partial charge in [0.05, 0.1) is 24.9 Å². The molecule has 0 N–H and O–H groups in total. The van der Waals surface area contributed by atoms with Crippen molar-refractivity contribution >= 4 is 17.4 Å². The molecule has 2 heterocycles. The van der Waals surface area contributed by atoms with Crippen molar-refractivity contribution in [3.63, 3.8) is 0 Å². The van der Waals surface area contributed by atoms with E-state index in [9.17, 15) is 9.59 Å². The molecule has 7 nitrogen and oxygen atoms in total. The summed E-state index contributed by atoms with van der Waals surface area (Å²) in [7, 11) is 1.50. The van der Waals surface area contributed by atoms with Gasteiger partial charge < -0.3 is 19.4 Å². The number of hydrogen-bond acceptors (Lipinski definition) is 6. The Morgan fingerprint density at radius 3 is 2.41 bits per heavy atom. The molecular formula is C27H33N3O4. The van der Waals surface area contributed by atoms with Crippen molar-refractivity contribution in [2.24, 2.45) is 5.16 Å². The van der Waals surface area contributed by atoms with E-state index in [-0.39, 0.29) is 24.3 Å². The predicted octanol–water partition coefficient (Wildman–Crippen LogP) is 3.64. The van der Waals surface area contributed by atoms with Crippen LogP contribution in [-0.2, 0) is 14.4 Å². The third kappa shape index (κ3) is 6.30. The fourth-order valence-corrected chi connectivity index (χ4v) is 4.63. The second-order valence-corrected chi connectivity index (χ2v) is 8.93. The van der Waals surface area contributed by atoms with Gasteiger partial charge in [0.15, 0.2) is 5.78 Å². The second kappa shape index (κ2) is 11.9. The number of ketones is 1. The lowest BCUT2D eigenvalue weighted by molar-refractivity contribution is -0.124. The Morgan fingerprint density at radius 1 is 1.00 bits per heavy atom. The molecule has 0 unspecified atom stereocenters. The number of benzene rings is 2. The minimum Gasteiger partial charge on any atom is -0.399 e. The molecule has 34 heavy (non-hydrogen) atoms. The van der Waals surface area contributed by atoms with Gasteiger partial charge in [0.25, 0.3) is 5.91 Å². The van der Waals surface area contributed by atoms with Gasteiger partial charge >= 0.3 is 0 Å². The minimum atomic E-state index is -0.179. The van der Waals surface area contributed by atoms with Crippen LogP contribution in [-0.4, -0.2) is 79.7 Å². The summed E-state index contributed by atoms with van der Waals surface area (Å²) in [6, 6.07) is 17.5. The Labute approximate surface area is 201 Å². The van der Waals surface area contributed by atoms with E-state index in [1.165, 1.54) is 20.0 Å². The maximum absolute atomic E-state index is 13.3. The fourth-order valence-electron chi connectivity index (χ4n) is 4.63. The summed E-state index contributed by atoms with van der Waals surface area (Å²) in [5.74, 6) is 0.0277. The number of carbonyl (C=O) groups is 2. The van der Waals surface area contributed by atoms with Crippen LogP contribution in [0.2, 0.25) is 0 Å². The number of hydrogen-bond donors (Lipinski definition) is 0. The molecule has 2 aliphatic heterocycles. The average Bonchev–Trinajstić information content (AvgIpc) is 3.53. The van der Waals surface area contributed by atoms with Crippen LogP contribution in [0.3, 0.4) is 0 Å². The van der Waals surface area contributed by atoms with E-state index in [1.54, 1.807) is 4.90 Å². The molecule has 0 aromatic heterocycles. The van der Waals surface area contributed by atoms with Gasteiger partial charge in [0, 0.05) is 24.9 Å². The van der Waals surface area contributed by atoms with Crippen LogP contribution in [0.4, 0.5) is 0 Å². The van der Waals surface area contributed by atoms with E-state index >= 15 is 0 Å². The molecule has 7 heteroatoms. The summed E-state index contributed by atoms with van der Waals surface area (Å²) in [5, 5.41) is 4.07. The number of carbonyl (C=O) groups excluding carboxylic acids is 2. The summed E-state index contributed by atoms with van der Waals surface area (Å²) >= 11 is 0. The number of amides is 1. The van der Waals surface area contributed by atoms with Crippen LogP contribution < -0.4 is 0 Å². The van der Waals surface area contributed by atoms with Crippen LogP contribution in [0.15, 0.2) is 59.8 Å². The molecule has 1 atom stereocenters. The summed E-state index contributed by atoms with van der Waals surface area (Å²) in [4.78, 5) is 34.6. The molecule has 0 bridgehead atoms. The third-order valence-electron chi connectivity index (χ3n) is 6.46. The highest BCUT2D eigenvalue weighted by Gasteiger charge is 2.34. The second-order valence-electron chi connectivity index (χ2n) is 8.93. The van der Waals surface area contributed by atoms with Crippen molar-refractivity contribution in [1.29, 1.82) is 0 Å². The molecule has 2 aromatic carbocycles. The van der Waals surface area contributed by atoms with Gasteiger partial charge in [-0.2, -0.15) is 0 Å². The topological polar surface area (TPSA) is 71.4 Å². The molecular weight excluding hydrogens is 430 g/mol. The normalized spacial score (nSPS) is 19.6. The third-order valence-corrected chi connectivity index (χ3v) is 6.46. The molecule has 0 radical (unpaired) electrons. The van der Waals surface area contributed by atoms with Gasteiger partial charge in [-0.1, -0.05) is 47.6 Å². The van der Waals surface area contributed by atoms with Gasteiger partial charge in [-0.25, -0.2) is 0 Å². The van der Waals surface area contributed by atoms with E-state index < -0.39 is 0 Å². The molecule has 180 valence electrons. The quantitative estimate of drug-likeness (QED) is 0.503. The molecule has 0 spiro atoms. The van der Waals surface area contributed by atoms with Crippen molar-refractivity contribution < 1.29 is 19.2 Å². The maximum Gasteiger partial charge on any atom is 0.254 e. The lowest BCUT2D eigenvalue weighted by Crippen LogP contribution is -2.38. The molecule has 2 fully saturated rings. The number of oxime groups is 1. The highest BCUT2D eigenvalue weighted by Crippen LogP contribution is 2.23. The predicted molar refractivity (Wildman–Crippen MR) is 132 cm³/mol. The highest BCUT2D eigenvalue weighted by molar-refractivity contribution is 6.00. The molecule has 0 aliphatic carbocycles. The van der Waals surface area contributed by atoms with Gasteiger partial charge in [0.1, 0.15) is 13.7 Å². The Kier molecular flexibility index (Phi) is 8.44. The lowest BCUT2D eigenvalue weighted by Gasteiger charge is -2.24. The van der Waals surface area contributed by atoms with Crippen molar-refractivity contribution in [2.75, 3.05) is 46.5 Å². The Morgan fingerprint density at radius 2 is 1.71 bits per heavy atom. The maximum atomic E-state index is 13.3. The monoisotopic (exact) mass is 463 g/mol. The number of ether oxygens (including phenoxy) is 1. The van der Waals surface area contributed by atoms with Crippen LogP contribution in [0.25, 0.3) is 11.1 Å². The number of nitrogens with zero attached hydrogens (tertiary/aromatic N) is 3. The molecule has 4 rings (SSSR count). The van der Waals surface area contributed by atoms with Gasteiger partial charge in [-0.05, 0) is 49.2 Å². The van der Waals surface area contributed by atoms with E-state index in [0.29, 0.717) is 31.6 Å². The molecule has 2 aromatic rings. The first-order valence-corrected chi connectivity index (χ1v) is 12.0. The summed E-state index contributed by atoms with van der Waals surface area (Å²) in [6.07, 6.45) is 3.52. The summed E-state index contributed by atoms with van der Waals surface area (Å²) < 4.78 is 5.76. The van der Waals surface area contributed by atoms with Crippen molar-refractivity contribution in [1.82, 2.24) is 9.80 Å². The molecule has 0 saturated carbocycles. The Balaban J connectivity index is 1.34. The largest absolute Gasteiger partial charge is 0.399 e. The van der Waals surface area contributed by atoms with Crippen molar-refractivity contribution in [3.05, 3.63) is 60.2 Å². The number of likely N-dealkylation sites (tertiary alicyclic amines) is 2. The molecule has 1 amide bonds. The first-order valence-electron chi connectivity index (χ1n) is 12.0. The van der Waals surface area contributed by atoms with Crippen molar-refractivity contribution in [3.8, 4) is 11.1 Å². The minimum absolute atomic E-state index is 0.0742. The summed E-state index contributed by atoms with van der Waals surface area (Å²) in [6.45, 7) is 3.74. The number of Topliss-reactive ketones (excluding diaryl/α,β-unsaturated/α-hetero) is 1. The fraction of sp³-hybridized carbons (Fsp3) is 0.444. The molecule has 2 aliphatic rings. The Hall–Kier alpha value is -3.03. The highest BCUT2D eigenvalue weighted by atomic mass is 16.6. The number of rotatable bonds is 10. The zero-order chi connectivity index (χ0) is 23.8. The van der Waals surface area contributed by atoms with E-state index in [0.717, 1.165) is 36.5 Å². The zero-order valence-electron chi connectivity index (χ0n) is 19.8. The lowest BCUT2D eigenvalue weighted by atomic mass is 10.0. The molecule has 2 saturated heterocycles. The van der Waals surface area contributed by atoms with Gasteiger partial charge in [-0.15, -0.1) is 0 Å². The first-order chi connectivity index (χ1) is 16.6. The van der Waals surface area contributed by atoms with Crippen LogP contribution in [0, 0.1) is 0 Å². The SMILES string of the molecule is CO/N=C1/C[C@@H](COCC(=O)CCN2CCCC2)N(C(=O)c2ccc(-c3ccccc3)cc2)C1. The standard InChI is InChI=1S/C27H33N3O4/c1-33-28-24-17-25(19-34-20-26(31)13-16-29-14-5-6-15-29)30(18-24)27(32)23-11-9-22(10-12-23)21-7-3-2-4-8-21/h2-4,7-12,25H,5-6,13-20H2,1H3/b28-24-/t25-/m0/s1. The average molecular weight is 464 g/mol. The van der Waals surface area contributed by atoms with Crippen LogP contribution in [0.1, 0.15) is 36.0 Å². The van der Waals surface area contributed by atoms with Gasteiger partial charge in [0.2, 0.25) is 0 Å². The summed E-state index contributed by atoms with van der Waals surface area (Å²) in [5.41, 5.74) is 3.58.